The average Bonchev–Trinajstić information content (AvgIpc) is 2.21. The van der Waals surface area contributed by atoms with Crippen molar-refractivity contribution >= 4 is 5.97 Å². The van der Waals surface area contributed by atoms with Crippen LogP contribution in [0.5, 0.6) is 0 Å². The zero-order valence-corrected chi connectivity index (χ0v) is 8.87. The maximum atomic E-state index is 10.5. The zero-order valence-electron chi connectivity index (χ0n) is 8.87. The lowest BCUT2D eigenvalue weighted by Gasteiger charge is -2.14. The fraction of sp³-hybridized carbons (Fsp3) is 0.857. The molecule has 0 spiro atoms. The number of nitrogens with one attached hydrogen (secondary N) is 1. The molecule has 16 heavy (non-hydrogen) atoms. The van der Waals surface area contributed by atoms with Crippen molar-refractivity contribution in [1.29, 1.82) is 0 Å². The summed E-state index contributed by atoms with van der Waals surface area (Å²) < 4.78 is 0. The molecule has 0 rings (SSSR count). The smallest absolute Gasteiger partial charge is 0.320 e. The minimum absolute atomic E-state index is 0.0238. The fourth-order valence-electron chi connectivity index (χ4n) is 0.965. The molecule has 92 valence electrons. The maximum Gasteiger partial charge on any atom is 0.320 e. The van der Waals surface area contributed by atoms with Gasteiger partial charge in [0, 0.05) is 0 Å². The summed E-state index contributed by atoms with van der Waals surface area (Å²) in [5, 5.41) is 26.1. The predicted molar refractivity (Wildman–Crippen MR) is 54.1 cm³/mol. The van der Waals surface area contributed by atoms with Crippen LogP contribution < -0.4 is 11.1 Å². The normalized spacial score (nSPS) is 14.9. The summed E-state index contributed by atoms with van der Waals surface area (Å²) in [4.78, 5) is 20.2. The van der Waals surface area contributed by atoms with E-state index < -0.39 is 17.0 Å². The van der Waals surface area contributed by atoms with Gasteiger partial charge in [-0.1, -0.05) is 6.92 Å². The van der Waals surface area contributed by atoms with Crippen molar-refractivity contribution in [3.63, 3.8) is 0 Å². The van der Waals surface area contributed by atoms with Crippen molar-refractivity contribution < 1.29 is 14.9 Å². The van der Waals surface area contributed by atoms with Gasteiger partial charge in [0.15, 0.2) is 5.22 Å². The summed E-state index contributed by atoms with van der Waals surface area (Å²) in [6.07, 6.45) is 0.543. The minimum atomic E-state index is -1.04. The number of rotatable bonds is 8. The van der Waals surface area contributed by atoms with Crippen molar-refractivity contribution in [1.82, 2.24) is 5.32 Å². The van der Waals surface area contributed by atoms with Gasteiger partial charge in [0.05, 0.1) is 10.1 Å². The largest absolute Gasteiger partial charge is 0.480 e. The van der Waals surface area contributed by atoms with Crippen LogP contribution in [0.25, 0.3) is 0 Å². The van der Waals surface area contributed by atoms with Gasteiger partial charge in [-0.05, 0) is 18.9 Å². The monoisotopic (exact) mass is 233 g/mol. The van der Waals surface area contributed by atoms with Crippen molar-refractivity contribution in [2.45, 2.75) is 19.4 Å². The van der Waals surface area contributed by atoms with Crippen LogP contribution >= 0.6 is 0 Å². The lowest BCUT2D eigenvalue weighted by atomic mass is 9.99. The van der Waals surface area contributed by atoms with E-state index in [0.717, 1.165) is 0 Å². The summed E-state index contributed by atoms with van der Waals surface area (Å²) in [5.41, 5.74) is 5.38. The first kappa shape index (κ1) is 14.4. The first-order valence-electron chi connectivity index (χ1n) is 4.66. The lowest BCUT2D eigenvalue weighted by Crippen LogP contribution is -2.37. The molecule has 0 aliphatic heterocycles. The van der Waals surface area contributed by atoms with Crippen molar-refractivity contribution in [3.05, 3.63) is 10.1 Å². The number of carboxylic acid groups (broad SMARTS) is 1. The number of nitrogens with two attached hydrogens (primary N) is 1. The van der Waals surface area contributed by atoms with E-state index in [4.69, 9.17) is 10.8 Å². The highest BCUT2D eigenvalue weighted by atomic mass is 16.7. The molecule has 0 aromatic heterocycles. The molecule has 0 heterocycles. The standard InChI is InChI=1S/C7H15N5O4/c1-5(6(8)7(13)14)2-3-9-4-10-11-12(15)16/h5-6,9H,2-4,8H2,1H3,(H,13,14)/b11-10+/t5-,6+/m1/s1. The first-order valence-corrected chi connectivity index (χ1v) is 4.66. The molecule has 0 aromatic rings. The van der Waals surface area contributed by atoms with E-state index in [1.54, 1.807) is 6.92 Å². The molecule has 0 aromatic carbocycles. The third kappa shape index (κ3) is 6.79. The van der Waals surface area contributed by atoms with Crippen molar-refractivity contribution in [2.75, 3.05) is 13.2 Å². The molecule has 0 amide bonds. The van der Waals surface area contributed by atoms with Gasteiger partial charge in [0.2, 0.25) is 6.67 Å². The number of carboxylic acids is 1. The number of carbonyl (C=O) groups is 1. The van der Waals surface area contributed by atoms with Gasteiger partial charge in [0.25, 0.3) is 0 Å². The van der Waals surface area contributed by atoms with Crippen LogP contribution in [0.15, 0.2) is 10.3 Å². The van der Waals surface area contributed by atoms with Gasteiger partial charge in [0.1, 0.15) is 6.04 Å². The van der Waals surface area contributed by atoms with Gasteiger partial charge >= 0.3 is 5.97 Å². The number of hydrogen-bond acceptors (Lipinski definition) is 6. The lowest BCUT2D eigenvalue weighted by molar-refractivity contribution is -0.494. The number of hydrogen-bond donors (Lipinski definition) is 3. The highest BCUT2D eigenvalue weighted by molar-refractivity contribution is 5.73. The summed E-state index contributed by atoms with van der Waals surface area (Å²) in [7, 11) is 0. The summed E-state index contributed by atoms with van der Waals surface area (Å²) >= 11 is 0. The van der Waals surface area contributed by atoms with Gasteiger partial charge in [-0.3, -0.25) is 10.1 Å². The quantitative estimate of drug-likeness (QED) is 0.225. The second kappa shape index (κ2) is 7.65. The van der Waals surface area contributed by atoms with E-state index >= 15 is 0 Å². The molecule has 0 fully saturated rings. The molecule has 0 radical (unpaired) electrons. The van der Waals surface area contributed by atoms with Crippen LogP contribution in [0, 0.1) is 16.0 Å². The molecule has 0 saturated carbocycles. The summed E-state index contributed by atoms with van der Waals surface area (Å²) in [5.74, 6) is -1.22. The van der Waals surface area contributed by atoms with E-state index in [1.165, 1.54) is 0 Å². The number of nitrogens with zero attached hydrogens (tertiary/aromatic N) is 3. The van der Waals surface area contributed by atoms with E-state index in [1.807, 2.05) is 0 Å². The Morgan fingerprint density at radius 3 is 2.81 bits per heavy atom. The Labute approximate surface area is 91.8 Å². The van der Waals surface area contributed by atoms with Gasteiger partial charge in [-0.2, -0.15) is 0 Å². The molecule has 0 saturated heterocycles. The Bertz CT molecular complexity index is 270. The van der Waals surface area contributed by atoms with Gasteiger partial charge in [-0.15, -0.1) is 0 Å². The van der Waals surface area contributed by atoms with Crippen molar-refractivity contribution in [2.24, 2.45) is 22.0 Å². The predicted octanol–water partition coefficient (Wildman–Crippen LogP) is -0.384. The van der Waals surface area contributed by atoms with Crippen LogP contribution in [0.1, 0.15) is 13.3 Å². The Morgan fingerprint density at radius 2 is 2.31 bits per heavy atom. The molecular weight excluding hydrogens is 218 g/mol. The van der Waals surface area contributed by atoms with E-state index in [-0.39, 0.29) is 12.6 Å². The molecule has 9 nitrogen and oxygen atoms in total. The first-order chi connectivity index (χ1) is 7.45. The van der Waals surface area contributed by atoms with E-state index in [2.05, 4.69) is 15.7 Å². The molecule has 0 bridgehead atoms. The number of nitro groups is 1. The molecular formula is C7H15N5O4. The van der Waals surface area contributed by atoms with Crippen LogP contribution in [-0.4, -0.2) is 35.4 Å². The van der Waals surface area contributed by atoms with Crippen molar-refractivity contribution in [3.8, 4) is 0 Å². The molecule has 4 N–H and O–H groups in total. The number of aliphatic carboxylic acids is 1. The fourth-order valence-corrected chi connectivity index (χ4v) is 0.965. The highest BCUT2D eigenvalue weighted by Gasteiger charge is 2.19. The van der Waals surface area contributed by atoms with Crippen LogP contribution in [0.3, 0.4) is 0 Å². The van der Waals surface area contributed by atoms with E-state index in [0.29, 0.717) is 13.0 Å². The molecule has 0 aliphatic carbocycles. The average molecular weight is 233 g/mol. The third-order valence-corrected chi connectivity index (χ3v) is 1.99. The Hall–Kier alpha value is -1.61. The molecule has 0 unspecified atom stereocenters. The molecule has 9 heteroatoms. The Kier molecular flexibility index (Phi) is 6.88. The van der Waals surface area contributed by atoms with Gasteiger partial charge < -0.3 is 21.0 Å². The SMILES string of the molecule is C[C@H](CCNC/N=N/[N+](=O)[O-])[C@H](N)C(=O)O. The molecule has 2 atom stereocenters. The second-order valence-electron chi connectivity index (χ2n) is 3.26. The van der Waals surface area contributed by atoms with Gasteiger partial charge in [-0.25, -0.2) is 0 Å². The van der Waals surface area contributed by atoms with Crippen LogP contribution in [0.2, 0.25) is 0 Å². The summed E-state index contributed by atoms with van der Waals surface area (Å²) in [6, 6.07) is -0.901. The second-order valence-corrected chi connectivity index (χ2v) is 3.26. The third-order valence-electron chi connectivity index (χ3n) is 1.99. The maximum absolute atomic E-state index is 10.5. The minimum Gasteiger partial charge on any atom is -0.480 e. The highest BCUT2D eigenvalue weighted by Crippen LogP contribution is 2.05. The topological polar surface area (TPSA) is 143 Å². The molecule has 0 aliphatic rings. The Balaban J connectivity index is 3.59. The Morgan fingerprint density at radius 1 is 1.69 bits per heavy atom. The van der Waals surface area contributed by atoms with Crippen LogP contribution in [0.4, 0.5) is 0 Å². The zero-order chi connectivity index (χ0) is 12.6. The summed E-state index contributed by atoms with van der Waals surface area (Å²) in [6.45, 7) is 2.22. The van der Waals surface area contributed by atoms with Crippen LogP contribution in [-0.2, 0) is 4.79 Å². The van der Waals surface area contributed by atoms with E-state index in [9.17, 15) is 14.9 Å².